The van der Waals surface area contributed by atoms with Crippen LogP contribution in [0.15, 0.2) is 114 Å². The summed E-state index contributed by atoms with van der Waals surface area (Å²) < 4.78 is 5.89. The first kappa shape index (κ1) is 24.2. The van der Waals surface area contributed by atoms with Crippen LogP contribution in [0.1, 0.15) is 15.9 Å². The molecule has 0 fully saturated rings. The first-order chi connectivity index (χ1) is 18.1. The van der Waals surface area contributed by atoms with Crippen LogP contribution >= 0.6 is 22.9 Å². The lowest BCUT2D eigenvalue weighted by atomic mass is 10.1. The predicted molar refractivity (Wildman–Crippen MR) is 151 cm³/mol. The van der Waals surface area contributed by atoms with Crippen molar-refractivity contribution in [2.24, 2.45) is 5.10 Å². The molecule has 0 aliphatic rings. The number of carbonyl (C=O) groups excluding carboxylic acids is 1. The van der Waals surface area contributed by atoms with Gasteiger partial charge in [0.25, 0.3) is 5.91 Å². The summed E-state index contributed by atoms with van der Waals surface area (Å²) in [5.74, 6) is 1.23. The Balaban J connectivity index is 1.33. The topological polar surface area (TPSA) is 75.6 Å². The molecule has 182 valence electrons. The van der Waals surface area contributed by atoms with E-state index < -0.39 is 0 Å². The fraction of sp³-hybridized carbons (Fsp3) is 0. The highest BCUT2D eigenvalue weighted by atomic mass is 35.5. The molecule has 5 aromatic rings. The fourth-order valence-corrected chi connectivity index (χ4v) is 4.42. The molecule has 0 saturated carbocycles. The number of carbonyl (C=O) groups is 1. The number of amides is 1. The van der Waals surface area contributed by atoms with Crippen molar-refractivity contribution in [2.45, 2.75) is 0 Å². The minimum atomic E-state index is -0.247. The third-order valence-corrected chi connectivity index (χ3v) is 6.35. The number of benzene rings is 4. The van der Waals surface area contributed by atoms with Gasteiger partial charge in [-0.25, -0.2) is 4.98 Å². The number of rotatable bonds is 8. The largest absolute Gasteiger partial charge is 0.457 e. The van der Waals surface area contributed by atoms with Crippen LogP contribution in [0.5, 0.6) is 11.5 Å². The zero-order valence-electron chi connectivity index (χ0n) is 19.5. The van der Waals surface area contributed by atoms with Gasteiger partial charge in [-0.3, -0.25) is 10.2 Å². The third kappa shape index (κ3) is 6.41. The average Bonchev–Trinajstić information content (AvgIpc) is 3.32. The van der Waals surface area contributed by atoms with Crippen molar-refractivity contribution in [1.82, 2.24) is 4.98 Å². The van der Waals surface area contributed by atoms with E-state index in [1.807, 2.05) is 84.9 Å². The van der Waals surface area contributed by atoms with E-state index in [2.05, 4.69) is 20.8 Å². The predicted octanol–water partition coefficient (Wildman–Crippen LogP) is 7.95. The molecule has 1 amide bonds. The average molecular weight is 525 g/mol. The van der Waals surface area contributed by atoms with Crippen molar-refractivity contribution >= 4 is 45.2 Å². The maximum atomic E-state index is 12.8. The van der Waals surface area contributed by atoms with Crippen LogP contribution in [0.3, 0.4) is 0 Å². The Morgan fingerprint density at radius 1 is 0.865 bits per heavy atom. The van der Waals surface area contributed by atoms with E-state index in [0.29, 0.717) is 32.2 Å². The van der Waals surface area contributed by atoms with Gasteiger partial charge in [0.1, 0.15) is 22.2 Å². The van der Waals surface area contributed by atoms with Crippen LogP contribution in [0.4, 0.5) is 10.1 Å². The second-order valence-electron chi connectivity index (χ2n) is 7.88. The third-order valence-electron chi connectivity index (χ3n) is 5.22. The van der Waals surface area contributed by atoms with E-state index in [0.717, 1.165) is 16.9 Å². The van der Waals surface area contributed by atoms with Crippen molar-refractivity contribution in [3.63, 3.8) is 0 Å². The summed E-state index contributed by atoms with van der Waals surface area (Å²) in [6, 6.07) is 33.6. The maximum Gasteiger partial charge on any atom is 0.256 e. The second kappa shape index (κ2) is 11.5. The quantitative estimate of drug-likeness (QED) is 0.159. The minimum absolute atomic E-state index is 0.247. The Bertz CT molecular complexity index is 1520. The van der Waals surface area contributed by atoms with Gasteiger partial charge in [0.2, 0.25) is 5.13 Å². The van der Waals surface area contributed by atoms with Crippen LogP contribution in [0.2, 0.25) is 5.02 Å². The monoisotopic (exact) mass is 524 g/mol. The summed E-state index contributed by atoms with van der Waals surface area (Å²) in [6.07, 6.45) is 1.69. The molecule has 2 N–H and O–H groups in total. The van der Waals surface area contributed by atoms with Crippen LogP contribution in [0, 0.1) is 0 Å². The number of nitrogens with zero attached hydrogens (tertiary/aromatic N) is 2. The first-order valence-corrected chi connectivity index (χ1v) is 12.6. The van der Waals surface area contributed by atoms with Gasteiger partial charge in [-0.2, -0.15) is 5.10 Å². The summed E-state index contributed by atoms with van der Waals surface area (Å²) >= 11 is 7.26. The van der Waals surface area contributed by atoms with Crippen molar-refractivity contribution in [3.8, 4) is 22.8 Å². The molecule has 1 heterocycles. The standard InChI is InChI=1S/C29H21ClN4O2S/c30-23-16-14-22(15-17-23)27(35)33-28-26(21-9-3-1-4-10-21)32-29(37-28)34-31-19-20-8-7-13-25(18-20)36-24-11-5-2-6-12-24/h1-19H,(H,32,34)(H,33,35)/b31-19-. The number of halogens is 1. The van der Waals surface area contributed by atoms with Crippen LogP contribution in [-0.4, -0.2) is 17.1 Å². The smallest absolute Gasteiger partial charge is 0.256 e. The van der Waals surface area contributed by atoms with E-state index >= 15 is 0 Å². The van der Waals surface area contributed by atoms with Gasteiger partial charge in [0, 0.05) is 16.1 Å². The molecule has 0 radical (unpaired) electrons. The molecule has 0 saturated heterocycles. The first-order valence-electron chi connectivity index (χ1n) is 11.4. The number of hydrazone groups is 1. The van der Waals surface area contributed by atoms with Gasteiger partial charge < -0.3 is 10.1 Å². The van der Waals surface area contributed by atoms with E-state index in [-0.39, 0.29) is 5.91 Å². The molecular formula is C29H21ClN4O2S. The van der Waals surface area contributed by atoms with Gasteiger partial charge in [0.05, 0.1) is 6.21 Å². The van der Waals surface area contributed by atoms with Crippen molar-refractivity contribution in [1.29, 1.82) is 0 Å². The molecule has 0 aliphatic carbocycles. The highest BCUT2D eigenvalue weighted by Gasteiger charge is 2.16. The SMILES string of the molecule is O=C(Nc1sc(N/N=C\c2cccc(Oc3ccccc3)c2)nc1-c1ccccc1)c1ccc(Cl)cc1. The highest BCUT2D eigenvalue weighted by Crippen LogP contribution is 2.36. The van der Waals surface area contributed by atoms with Gasteiger partial charge in [-0.15, -0.1) is 0 Å². The highest BCUT2D eigenvalue weighted by molar-refractivity contribution is 7.20. The van der Waals surface area contributed by atoms with E-state index in [9.17, 15) is 4.79 Å². The van der Waals surface area contributed by atoms with E-state index in [4.69, 9.17) is 16.3 Å². The molecule has 0 bridgehead atoms. The van der Waals surface area contributed by atoms with Crippen LogP contribution in [-0.2, 0) is 0 Å². The number of hydrogen-bond acceptors (Lipinski definition) is 6. The minimum Gasteiger partial charge on any atom is -0.457 e. The lowest BCUT2D eigenvalue weighted by Gasteiger charge is -2.05. The molecule has 0 atom stereocenters. The number of anilines is 2. The maximum absolute atomic E-state index is 12.8. The number of para-hydroxylation sites is 1. The molecule has 5 rings (SSSR count). The molecule has 37 heavy (non-hydrogen) atoms. The van der Waals surface area contributed by atoms with Crippen molar-refractivity contribution in [3.05, 3.63) is 125 Å². The summed E-state index contributed by atoms with van der Waals surface area (Å²) in [6.45, 7) is 0. The van der Waals surface area contributed by atoms with E-state index in [1.165, 1.54) is 11.3 Å². The number of nitrogens with one attached hydrogen (secondary N) is 2. The number of thiazole rings is 1. The van der Waals surface area contributed by atoms with Gasteiger partial charge in [-0.1, -0.05) is 83.6 Å². The summed E-state index contributed by atoms with van der Waals surface area (Å²) in [5.41, 5.74) is 5.88. The van der Waals surface area contributed by atoms with Gasteiger partial charge in [0.15, 0.2) is 0 Å². The summed E-state index contributed by atoms with van der Waals surface area (Å²) in [7, 11) is 0. The zero-order valence-corrected chi connectivity index (χ0v) is 21.0. The molecule has 8 heteroatoms. The number of hydrogen-bond donors (Lipinski definition) is 2. The Hall–Kier alpha value is -4.46. The van der Waals surface area contributed by atoms with Gasteiger partial charge >= 0.3 is 0 Å². The molecule has 1 aromatic heterocycles. The molecular weight excluding hydrogens is 504 g/mol. The zero-order chi connectivity index (χ0) is 25.5. The molecule has 6 nitrogen and oxygen atoms in total. The lowest BCUT2D eigenvalue weighted by Crippen LogP contribution is -2.11. The van der Waals surface area contributed by atoms with E-state index in [1.54, 1.807) is 30.5 Å². The Kier molecular flexibility index (Phi) is 7.55. The van der Waals surface area contributed by atoms with Crippen LogP contribution in [0.25, 0.3) is 11.3 Å². The number of aromatic nitrogens is 1. The normalized spacial score (nSPS) is 10.8. The van der Waals surface area contributed by atoms with Crippen molar-refractivity contribution < 1.29 is 9.53 Å². The summed E-state index contributed by atoms with van der Waals surface area (Å²) in [4.78, 5) is 17.5. The molecule has 0 unspecified atom stereocenters. The molecule has 0 aliphatic heterocycles. The number of ether oxygens (including phenoxy) is 1. The van der Waals surface area contributed by atoms with Gasteiger partial charge in [-0.05, 0) is 54.1 Å². The molecule has 4 aromatic carbocycles. The molecule has 0 spiro atoms. The van der Waals surface area contributed by atoms with Crippen molar-refractivity contribution in [2.75, 3.05) is 10.7 Å². The summed E-state index contributed by atoms with van der Waals surface area (Å²) in [5, 5.41) is 9.04. The Morgan fingerprint density at radius 3 is 2.32 bits per heavy atom. The fourth-order valence-electron chi connectivity index (χ4n) is 3.47. The Labute approximate surface area is 223 Å². The van der Waals surface area contributed by atoms with Crippen LogP contribution < -0.4 is 15.5 Å². The second-order valence-corrected chi connectivity index (χ2v) is 9.32. The lowest BCUT2D eigenvalue weighted by molar-refractivity contribution is 0.102. The Morgan fingerprint density at radius 2 is 1.57 bits per heavy atom.